The summed E-state index contributed by atoms with van der Waals surface area (Å²) in [7, 11) is 0. The zero-order chi connectivity index (χ0) is 20.2. The lowest BCUT2D eigenvalue weighted by molar-refractivity contribution is -0.121. The molecule has 1 aromatic carbocycles. The third-order valence-electron chi connectivity index (χ3n) is 4.85. The van der Waals surface area contributed by atoms with Crippen molar-refractivity contribution in [2.24, 2.45) is 5.92 Å². The quantitative estimate of drug-likeness (QED) is 0.712. The molecule has 0 aliphatic rings. The van der Waals surface area contributed by atoms with Crippen molar-refractivity contribution < 1.29 is 4.79 Å². The maximum atomic E-state index is 12.7. The number of nitrogens with zero attached hydrogens (tertiary/aromatic N) is 3. The van der Waals surface area contributed by atoms with Gasteiger partial charge in [-0.15, -0.1) is 0 Å². The monoisotopic (exact) mass is 384 g/mol. The van der Waals surface area contributed by atoms with Gasteiger partial charge in [-0.2, -0.15) is 5.26 Å². The van der Waals surface area contributed by atoms with Gasteiger partial charge in [-0.25, -0.2) is 4.98 Å². The predicted octanol–water partition coefficient (Wildman–Crippen LogP) is 4.53. The second-order valence-corrected chi connectivity index (χ2v) is 8.82. The van der Waals surface area contributed by atoms with E-state index in [-0.39, 0.29) is 17.1 Å². The molecule has 2 aromatic rings. The van der Waals surface area contributed by atoms with Crippen LogP contribution in [0.25, 0.3) is 5.69 Å². The highest BCUT2D eigenvalue weighted by molar-refractivity contribution is 8.00. The van der Waals surface area contributed by atoms with E-state index in [2.05, 4.69) is 42.4 Å². The van der Waals surface area contributed by atoms with Gasteiger partial charge in [0.2, 0.25) is 5.91 Å². The fraction of sp³-hybridized carbons (Fsp3) is 0.476. The fourth-order valence-corrected chi connectivity index (χ4v) is 3.50. The minimum atomic E-state index is -0.883. The number of thioether (sulfide) groups is 1. The maximum Gasteiger partial charge on any atom is 0.234 e. The number of carbonyl (C=O) groups is 1. The molecule has 0 aliphatic carbocycles. The van der Waals surface area contributed by atoms with E-state index >= 15 is 0 Å². The molecular weight excluding hydrogens is 356 g/mol. The van der Waals surface area contributed by atoms with Crippen LogP contribution in [0.4, 0.5) is 0 Å². The molecule has 5 nitrogen and oxygen atoms in total. The highest BCUT2D eigenvalue weighted by Gasteiger charge is 2.32. The largest absolute Gasteiger partial charge is 0.337 e. The van der Waals surface area contributed by atoms with Crippen LogP contribution in [0.15, 0.2) is 41.8 Å². The number of imidazole rings is 1. The Labute approximate surface area is 166 Å². The highest BCUT2D eigenvalue weighted by atomic mass is 32.2. The number of nitrogens with one attached hydrogen (secondary N) is 1. The van der Waals surface area contributed by atoms with Crippen LogP contribution in [0.2, 0.25) is 0 Å². The van der Waals surface area contributed by atoms with Crippen LogP contribution in [0.3, 0.4) is 0 Å². The van der Waals surface area contributed by atoms with Crippen molar-refractivity contribution in [2.75, 3.05) is 0 Å². The Morgan fingerprint density at radius 1 is 1.26 bits per heavy atom. The first-order valence-corrected chi connectivity index (χ1v) is 10.1. The van der Waals surface area contributed by atoms with E-state index in [1.54, 1.807) is 13.1 Å². The number of aromatic nitrogens is 2. The average Bonchev–Trinajstić information content (AvgIpc) is 3.09. The standard InChI is InChI=1S/C21H28N4OS/c1-14(2)17-9-7-8-10-18(17)25-12-11-23-20(25)27-16(5)19(26)24-21(6,13-22)15(3)4/h7-12,14-16H,1-6H3,(H,24,26). The van der Waals surface area contributed by atoms with E-state index < -0.39 is 5.54 Å². The Kier molecular flexibility index (Phi) is 6.72. The fourth-order valence-electron chi connectivity index (χ4n) is 2.63. The zero-order valence-corrected chi connectivity index (χ0v) is 17.7. The summed E-state index contributed by atoms with van der Waals surface area (Å²) in [5, 5.41) is 12.7. The Morgan fingerprint density at radius 2 is 1.93 bits per heavy atom. The number of amides is 1. The summed E-state index contributed by atoms with van der Waals surface area (Å²) in [6.07, 6.45) is 3.67. The van der Waals surface area contributed by atoms with E-state index in [1.165, 1.54) is 17.3 Å². The van der Waals surface area contributed by atoms with Crippen molar-refractivity contribution in [3.8, 4) is 11.8 Å². The van der Waals surface area contributed by atoms with E-state index in [0.717, 1.165) is 10.8 Å². The van der Waals surface area contributed by atoms with Gasteiger partial charge in [-0.3, -0.25) is 9.36 Å². The summed E-state index contributed by atoms with van der Waals surface area (Å²) in [5.41, 5.74) is 1.42. The van der Waals surface area contributed by atoms with Crippen molar-refractivity contribution in [1.82, 2.24) is 14.9 Å². The van der Waals surface area contributed by atoms with Gasteiger partial charge in [-0.1, -0.05) is 57.7 Å². The molecule has 1 amide bonds. The van der Waals surface area contributed by atoms with Crippen molar-refractivity contribution in [2.45, 2.75) is 63.4 Å². The number of para-hydroxylation sites is 1. The Hall–Kier alpha value is -2.26. The van der Waals surface area contributed by atoms with Gasteiger partial charge in [0.25, 0.3) is 0 Å². The molecular formula is C21H28N4OS. The van der Waals surface area contributed by atoms with E-state index in [0.29, 0.717) is 5.92 Å². The minimum absolute atomic E-state index is 0.0172. The zero-order valence-electron chi connectivity index (χ0n) is 16.9. The summed E-state index contributed by atoms with van der Waals surface area (Å²) in [6.45, 7) is 11.8. The van der Waals surface area contributed by atoms with Crippen molar-refractivity contribution >= 4 is 17.7 Å². The van der Waals surface area contributed by atoms with Gasteiger partial charge in [0.1, 0.15) is 5.54 Å². The normalized spacial score (nSPS) is 14.6. The van der Waals surface area contributed by atoms with Crippen LogP contribution >= 0.6 is 11.8 Å². The summed E-state index contributed by atoms with van der Waals surface area (Å²) >= 11 is 1.39. The first-order valence-electron chi connectivity index (χ1n) is 9.22. The Balaban J connectivity index is 2.22. The van der Waals surface area contributed by atoms with Crippen molar-refractivity contribution in [3.63, 3.8) is 0 Å². The summed E-state index contributed by atoms with van der Waals surface area (Å²) in [5.74, 6) is 0.234. The van der Waals surface area contributed by atoms with Crippen molar-refractivity contribution in [1.29, 1.82) is 5.26 Å². The smallest absolute Gasteiger partial charge is 0.234 e. The van der Waals surface area contributed by atoms with Gasteiger partial charge < -0.3 is 5.32 Å². The van der Waals surface area contributed by atoms with Crippen LogP contribution in [0, 0.1) is 17.2 Å². The second kappa shape index (κ2) is 8.62. The summed E-state index contributed by atoms with van der Waals surface area (Å²) < 4.78 is 2.02. The molecule has 0 saturated heterocycles. The molecule has 27 heavy (non-hydrogen) atoms. The number of hydrogen-bond donors (Lipinski definition) is 1. The molecule has 0 saturated carbocycles. The molecule has 144 valence electrons. The first-order chi connectivity index (χ1) is 12.7. The lowest BCUT2D eigenvalue weighted by Gasteiger charge is -2.28. The number of rotatable bonds is 7. The molecule has 0 radical (unpaired) electrons. The van der Waals surface area contributed by atoms with Gasteiger partial charge in [-0.05, 0) is 37.3 Å². The molecule has 6 heteroatoms. The number of nitriles is 1. The SMILES string of the molecule is CC(Sc1nccn1-c1ccccc1C(C)C)C(=O)NC(C)(C#N)C(C)C. The lowest BCUT2D eigenvalue weighted by Crippen LogP contribution is -2.51. The van der Waals surface area contributed by atoms with Crippen LogP contribution in [0.1, 0.15) is 53.0 Å². The predicted molar refractivity (Wildman–Crippen MR) is 110 cm³/mol. The third-order valence-corrected chi connectivity index (χ3v) is 5.93. The third kappa shape index (κ3) is 4.72. The lowest BCUT2D eigenvalue weighted by atomic mass is 9.90. The van der Waals surface area contributed by atoms with Gasteiger partial charge in [0.15, 0.2) is 5.16 Å². The highest BCUT2D eigenvalue weighted by Crippen LogP contribution is 2.29. The molecule has 2 atom stereocenters. The number of benzene rings is 1. The van der Waals surface area contributed by atoms with Gasteiger partial charge >= 0.3 is 0 Å². The second-order valence-electron chi connectivity index (χ2n) is 7.51. The van der Waals surface area contributed by atoms with E-state index in [9.17, 15) is 10.1 Å². The van der Waals surface area contributed by atoms with Crippen LogP contribution < -0.4 is 5.32 Å². The maximum absolute atomic E-state index is 12.7. The summed E-state index contributed by atoms with van der Waals surface area (Å²) in [6, 6.07) is 10.4. The van der Waals surface area contributed by atoms with Crippen molar-refractivity contribution in [3.05, 3.63) is 42.2 Å². The Morgan fingerprint density at radius 3 is 2.52 bits per heavy atom. The molecule has 0 fully saturated rings. The molecule has 0 spiro atoms. The molecule has 1 N–H and O–H groups in total. The van der Waals surface area contributed by atoms with Gasteiger partial charge in [0.05, 0.1) is 17.0 Å². The van der Waals surface area contributed by atoms with E-state index in [4.69, 9.17) is 0 Å². The molecule has 0 bridgehead atoms. The molecule has 2 unspecified atom stereocenters. The molecule has 1 heterocycles. The number of hydrogen-bond acceptors (Lipinski definition) is 4. The van der Waals surface area contributed by atoms with Crippen LogP contribution in [-0.4, -0.2) is 26.2 Å². The van der Waals surface area contributed by atoms with Crippen LogP contribution in [0.5, 0.6) is 0 Å². The summed E-state index contributed by atoms with van der Waals surface area (Å²) in [4.78, 5) is 17.1. The number of carbonyl (C=O) groups excluding carboxylic acids is 1. The first kappa shape index (κ1) is 21.0. The van der Waals surface area contributed by atoms with Crippen LogP contribution in [-0.2, 0) is 4.79 Å². The molecule has 2 rings (SSSR count). The molecule has 0 aliphatic heterocycles. The topological polar surface area (TPSA) is 70.7 Å². The average molecular weight is 385 g/mol. The van der Waals surface area contributed by atoms with E-state index in [1.807, 2.05) is 43.7 Å². The Bertz CT molecular complexity index is 837. The molecule has 1 aromatic heterocycles. The minimum Gasteiger partial charge on any atom is -0.337 e. The van der Waals surface area contributed by atoms with Gasteiger partial charge in [0, 0.05) is 12.4 Å².